The number of nitrogens with zero attached hydrogens (tertiary/aromatic N) is 1. The van der Waals surface area contributed by atoms with Gasteiger partial charge in [-0.15, -0.1) is 0 Å². The van der Waals surface area contributed by atoms with Gasteiger partial charge in [0.05, 0.1) is 11.0 Å². The van der Waals surface area contributed by atoms with Crippen LogP contribution in [0.4, 0.5) is 4.79 Å². The summed E-state index contributed by atoms with van der Waals surface area (Å²) in [5.74, 6) is -0.604. The second kappa shape index (κ2) is 5.36. The summed E-state index contributed by atoms with van der Waals surface area (Å²) in [5, 5.41) is 12.8. The van der Waals surface area contributed by atoms with Crippen LogP contribution < -0.4 is 5.32 Å². The van der Waals surface area contributed by atoms with Crippen molar-refractivity contribution >= 4 is 12.0 Å². The Morgan fingerprint density at radius 2 is 2.00 bits per heavy atom. The number of carbonyl (C=O) groups excluding carboxylic acids is 1. The molecule has 3 atom stereocenters. The third-order valence-corrected chi connectivity index (χ3v) is 6.67. The number of carboxylic acid groups (broad SMARTS) is 1. The number of rotatable bonds is 2. The topological polar surface area (TPSA) is 78.9 Å². The Labute approximate surface area is 136 Å². The third kappa shape index (κ3) is 2.42. The standard InChI is InChI=1S/C17H26N2O4/c20-14(21)17-7-1-3-12(17)10-19(11-17)15(22)18-13-4-8-23-16(9-13)5-2-6-16/h12-13H,1-11H2,(H,18,22)(H,20,21)/t12-,13?,17+/m0/s1. The van der Waals surface area contributed by atoms with Crippen LogP contribution in [0.1, 0.15) is 51.4 Å². The first-order valence-corrected chi connectivity index (χ1v) is 8.96. The largest absolute Gasteiger partial charge is 0.481 e. The van der Waals surface area contributed by atoms with Gasteiger partial charge in [-0.25, -0.2) is 4.79 Å². The molecule has 2 N–H and O–H groups in total. The lowest BCUT2D eigenvalue weighted by Gasteiger charge is -2.47. The second-order valence-corrected chi connectivity index (χ2v) is 7.96. The number of hydrogen-bond acceptors (Lipinski definition) is 3. The van der Waals surface area contributed by atoms with Gasteiger partial charge in [0.2, 0.25) is 0 Å². The highest BCUT2D eigenvalue weighted by molar-refractivity contribution is 5.80. The molecule has 1 unspecified atom stereocenters. The molecular weight excluding hydrogens is 296 g/mol. The molecule has 0 aromatic heterocycles. The van der Waals surface area contributed by atoms with Gasteiger partial charge in [0.1, 0.15) is 0 Å². The summed E-state index contributed by atoms with van der Waals surface area (Å²) >= 11 is 0. The smallest absolute Gasteiger partial charge is 0.317 e. The first kappa shape index (κ1) is 15.2. The van der Waals surface area contributed by atoms with E-state index in [0.717, 1.165) is 38.5 Å². The molecule has 4 fully saturated rings. The molecule has 6 nitrogen and oxygen atoms in total. The van der Waals surface area contributed by atoms with Crippen molar-refractivity contribution in [2.75, 3.05) is 19.7 Å². The molecule has 4 aliphatic rings. The maximum Gasteiger partial charge on any atom is 0.317 e. The van der Waals surface area contributed by atoms with Crippen molar-refractivity contribution in [2.24, 2.45) is 11.3 Å². The third-order valence-electron chi connectivity index (χ3n) is 6.67. The van der Waals surface area contributed by atoms with Gasteiger partial charge in [0.15, 0.2) is 0 Å². The van der Waals surface area contributed by atoms with Crippen LogP contribution in [0.25, 0.3) is 0 Å². The summed E-state index contributed by atoms with van der Waals surface area (Å²) in [4.78, 5) is 26.1. The van der Waals surface area contributed by atoms with E-state index in [1.807, 2.05) is 0 Å². The van der Waals surface area contributed by atoms with E-state index in [1.54, 1.807) is 4.90 Å². The Kier molecular flexibility index (Phi) is 3.55. The second-order valence-electron chi connectivity index (χ2n) is 7.96. The Morgan fingerprint density at radius 1 is 1.17 bits per heavy atom. The van der Waals surface area contributed by atoms with E-state index in [-0.39, 0.29) is 23.6 Å². The van der Waals surface area contributed by atoms with E-state index in [2.05, 4.69) is 5.32 Å². The molecule has 6 heteroatoms. The van der Waals surface area contributed by atoms with Gasteiger partial charge in [-0.1, -0.05) is 6.42 Å². The van der Waals surface area contributed by atoms with Crippen LogP contribution in [0.15, 0.2) is 0 Å². The number of ether oxygens (including phenoxy) is 1. The van der Waals surface area contributed by atoms with Crippen molar-refractivity contribution in [3.8, 4) is 0 Å². The van der Waals surface area contributed by atoms with Gasteiger partial charge < -0.3 is 20.1 Å². The first-order valence-electron chi connectivity index (χ1n) is 8.96. The monoisotopic (exact) mass is 322 g/mol. The fourth-order valence-corrected chi connectivity index (χ4v) is 5.13. The molecule has 128 valence electrons. The quantitative estimate of drug-likeness (QED) is 0.815. The molecule has 2 amide bonds. The minimum absolute atomic E-state index is 0.0139. The molecule has 2 aliphatic carbocycles. The normalized spacial score (nSPS) is 38.2. The number of hydrogen-bond donors (Lipinski definition) is 2. The number of amides is 2. The van der Waals surface area contributed by atoms with Crippen molar-refractivity contribution in [1.29, 1.82) is 0 Å². The highest BCUT2D eigenvalue weighted by Crippen LogP contribution is 2.49. The first-order chi connectivity index (χ1) is 11.0. The molecule has 0 aromatic rings. The average Bonchev–Trinajstić information content (AvgIpc) is 3.03. The van der Waals surface area contributed by atoms with Gasteiger partial charge in [-0.3, -0.25) is 4.79 Å². The van der Waals surface area contributed by atoms with Crippen molar-refractivity contribution < 1.29 is 19.4 Å². The number of urea groups is 1. The van der Waals surface area contributed by atoms with E-state index in [1.165, 1.54) is 6.42 Å². The summed E-state index contributed by atoms with van der Waals surface area (Å²) in [6.45, 7) is 1.67. The number of carbonyl (C=O) groups is 2. The molecule has 0 bridgehead atoms. The van der Waals surface area contributed by atoms with Crippen LogP contribution in [0.5, 0.6) is 0 Å². The Hall–Kier alpha value is -1.30. The Morgan fingerprint density at radius 3 is 2.65 bits per heavy atom. The molecule has 0 radical (unpaired) electrons. The van der Waals surface area contributed by atoms with Gasteiger partial charge in [-0.2, -0.15) is 0 Å². The number of aliphatic carboxylic acids is 1. The van der Waals surface area contributed by atoms with Crippen LogP contribution in [0.3, 0.4) is 0 Å². The Bertz CT molecular complexity index is 519. The van der Waals surface area contributed by atoms with E-state index in [9.17, 15) is 14.7 Å². The van der Waals surface area contributed by atoms with Crippen molar-refractivity contribution in [1.82, 2.24) is 10.2 Å². The van der Waals surface area contributed by atoms with Crippen LogP contribution in [0, 0.1) is 11.3 Å². The van der Waals surface area contributed by atoms with Crippen molar-refractivity contribution in [3.63, 3.8) is 0 Å². The van der Waals surface area contributed by atoms with Gasteiger partial charge in [-0.05, 0) is 50.9 Å². The minimum atomic E-state index is -0.727. The van der Waals surface area contributed by atoms with E-state index in [0.29, 0.717) is 26.1 Å². The lowest BCUT2D eigenvalue weighted by atomic mass is 9.74. The lowest BCUT2D eigenvalue weighted by Crippen LogP contribution is -2.54. The highest BCUT2D eigenvalue weighted by atomic mass is 16.5. The van der Waals surface area contributed by atoms with Crippen LogP contribution in [0.2, 0.25) is 0 Å². The SMILES string of the molecule is O=C(NC1CCOC2(CCC2)C1)N1C[C@@H]2CCC[C@@]2(C(=O)O)C1. The molecule has 2 heterocycles. The minimum Gasteiger partial charge on any atom is -0.481 e. The number of carboxylic acids is 1. The molecule has 2 saturated heterocycles. The van der Waals surface area contributed by atoms with Crippen molar-refractivity contribution in [3.05, 3.63) is 0 Å². The zero-order valence-corrected chi connectivity index (χ0v) is 13.6. The predicted octanol–water partition coefficient (Wildman–Crippen LogP) is 1.98. The predicted molar refractivity (Wildman–Crippen MR) is 83.1 cm³/mol. The maximum atomic E-state index is 12.6. The van der Waals surface area contributed by atoms with Crippen LogP contribution >= 0.6 is 0 Å². The van der Waals surface area contributed by atoms with E-state index >= 15 is 0 Å². The number of likely N-dealkylation sites (tertiary alicyclic amines) is 1. The fourth-order valence-electron chi connectivity index (χ4n) is 5.13. The van der Waals surface area contributed by atoms with Gasteiger partial charge in [0, 0.05) is 25.7 Å². The average molecular weight is 322 g/mol. The zero-order chi connectivity index (χ0) is 16.1. The van der Waals surface area contributed by atoms with Gasteiger partial charge in [0.25, 0.3) is 0 Å². The summed E-state index contributed by atoms with van der Waals surface area (Å²) in [6, 6.07) is 0.0826. The molecule has 23 heavy (non-hydrogen) atoms. The number of nitrogens with one attached hydrogen (secondary N) is 1. The number of fused-ring (bicyclic) bond motifs is 1. The molecule has 2 aliphatic heterocycles. The summed E-state index contributed by atoms with van der Waals surface area (Å²) < 4.78 is 5.90. The van der Waals surface area contributed by atoms with E-state index in [4.69, 9.17) is 4.74 Å². The van der Waals surface area contributed by atoms with Crippen LogP contribution in [-0.4, -0.2) is 53.3 Å². The molecular formula is C17H26N2O4. The fraction of sp³-hybridized carbons (Fsp3) is 0.882. The van der Waals surface area contributed by atoms with E-state index < -0.39 is 11.4 Å². The molecule has 4 rings (SSSR count). The lowest BCUT2D eigenvalue weighted by molar-refractivity contribution is -0.149. The van der Waals surface area contributed by atoms with Gasteiger partial charge >= 0.3 is 12.0 Å². The highest BCUT2D eigenvalue weighted by Gasteiger charge is 2.56. The summed E-state index contributed by atoms with van der Waals surface area (Å²) in [7, 11) is 0. The molecule has 0 aromatic carbocycles. The maximum absolute atomic E-state index is 12.6. The summed E-state index contributed by atoms with van der Waals surface area (Å²) in [6.07, 6.45) is 7.79. The molecule has 2 saturated carbocycles. The Balaban J connectivity index is 1.38. The summed E-state index contributed by atoms with van der Waals surface area (Å²) in [5.41, 5.74) is -0.678. The molecule has 1 spiro atoms. The van der Waals surface area contributed by atoms with Crippen molar-refractivity contribution in [2.45, 2.75) is 63.0 Å². The zero-order valence-electron chi connectivity index (χ0n) is 13.6. The van der Waals surface area contributed by atoms with Crippen LogP contribution in [-0.2, 0) is 9.53 Å².